The monoisotopic (exact) mass is 467 g/mol. The van der Waals surface area contributed by atoms with E-state index in [1.165, 1.54) is 24.1 Å². The maximum Gasteiger partial charge on any atom is 0.295 e. The first-order valence-corrected chi connectivity index (χ1v) is 10.5. The number of amides is 1. The van der Waals surface area contributed by atoms with E-state index in [9.17, 15) is 14.7 Å². The number of carbonyl (C=O) groups is 2. The minimum Gasteiger partial charge on any atom is -0.507 e. The second kappa shape index (κ2) is 9.29. The summed E-state index contributed by atoms with van der Waals surface area (Å²) in [5.74, 6) is -1.68. The molecule has 1 N–H and O–H groups in total. The molecule has 5 nitrogen and oxygen atoms in total. The van der Waals surface area contributed by atoms with Gasteiger partial charge in [0, 0.05) is 16.6 Å². The van der Waals surface area contributed by atoms with E-state index >= 15 is 0 Å². The maximum atomic E-state index is 13.0. The molecule has 158 valence electrons. The number of unbranched alkanes of at least 4 members (excludes halogenated alkanes) is 1. The van der Waals surface area contributed by atoms with Gasteiger partial charge in [-0.2, -0.15) is 0 Å². The van der Waals surface area contributed by atoms with E-state index in [0.29, 0.717) is 23.6 Å². The van der Waals surface area contributed by atoms with Gasteiger partial charge in [-0.3, -0.25) is 9.59 Å². The number of benzene rings is 2. The van der Waals surface area contributed by atoms with Gasteiger partial charge < -0.3 is 14.7 Å². The number of nitrogens with zero attached hydrogens (tertiary/aromatic N) is 1. The Bertz CT molecular complexity index is 1020. The van der Waals surface area contributed by atoms with Crippen LogP contribution in [-0.4, -0.2) is 35.4 Å². The number of aliphatic hydroxyl groups is 1. The topological polar surface area (TPSA) is 66.8 Å². The lowest BCUT2D eigenvalue weighted by atomic mass is 9.95. The van der Waals surface area contributed by atoms with Crippen LogP contribution in [0.1, 0.15) is 36.9 Å². The molecule has 0 spiro atoms. The third-order valence-electron chi connectivity index (χ3n) is 4.95. The number of halogens is 3. The molecule has 1 aliphatic heterocycles. The molecule has 3 rings (SSSR count). The highest BCUT2D eigenvalue weighted by molar-refractivity contribution is 6.46. The Morgan fingerprint density at radius 3 is 2.37 bits per heavy atom. The van der Waals surface area contributed by atoms with Gasteiger partial charge >= 0.3 is 0 Å². The van der Waals surface area contributed by atoms with Crippen LogP contribution in [-0.2, 0) is 9.59 Å². The van der Waals surface area contributed by atoms with Crippen molar-refractivity contribution in [1.82, 2.24) is 4.90 Å². The second-order valence-corrected chi connectivity index (χ2v) is 8.15. The number of ether oxygens (including phenoxy) is 1. The van der Waals surface area contributed by atoms with Crippen LogP contribution < -0.4 is 4.74 Å². The van der Waals surface area contributed by atoms with E-state index < -0.39 is 23.5 Å². The number of methoxy groups -OCH3 is 1. The molecule has 2 aromatic rings. The summed E-state index contributed by atoms with van der Waals surface area (Å²) >= 11 is 18.3. The van der Waals surface area contributed by atoms with Crippen molar-refractivity contribution in [2.75, 3.05) is 13.7 Å². The van der Waals surface area contributed by atoms with Crippen molar-refractivity contribution in [2.24, 2.45) is 0 Å². The zero-order chi connectivity index (χ0) is 22.0. The smallest absolute Gasteiger partial charge is 0.295 e. The molecule has 1 heterocycles. The number of ketones is 1. The Labute approximate surface area is 189 Å². The van der Waals surface area contributed by atoms with Crippen LogP contribution >= 0.6 is 34.8 Å². The lowest BCUT2D eigenvalue weighted by Crippen LogP contribution is -2.30. The fourth-order valence-corrected chi connectivity index (χ4v) is 4.22. The molecule has 0 aliphatic carbocycles. The van der Waals surface area contributed by atoms with Crippen LogP contribution in [0.15, 0.2) is 42.0 Å². The Kier molecular flexibility index (Phi) is 6.96. The highest BCUT2D eigenvalue weighted by Gasteiger charge is 2.46. The third kappa shape index (κ3) is 4.15. The number of hydrogen-bond donors (Lipinski definition) is 1. The highest BCUT2D eigenvalue weighted by Crippen LogP contribution is 2.43. The summed E-state index contributed by atoms with van der Waals surface area (Å²) in [6.07, 6.45) is 1.55. The van der Waals surface area contributed by atoms with Gasteiger partial charge in [-0.1, -0.05) is 60.3 Å². The lowest BCUT2D eigenvalue weighted by Gasteiger charge is -2.25. The molecule has 8 heteroatoms. The van der Waals surface area contributed by atoms with Gasteiger partial charge in [-0.15, -0.1) is 0 Å². The van der Waals surface area contributed by atoms with E-state index in [-0.39, 0.29) is 26.9 Å². The van der Waals surface area contributed by atoms with Crippen molar-refractivity contribution in [3.63, 3.8) is 0 Å². The second-order valence-electron chi connectivity index (χ2n) is 6.87. The molecule has 1 atom stereocenters. The number of Topliss-reactive ketones (excluding diaryl/α,β-unsaturated/α-hetero) is 1. The van der Waals surface area contributed by atoms with E-state index in [4.69, 9.17) is 39.5 Å². The van der Waals surface area contributed by atoms with E-state index in [2.05, 4.69) is 0 Å². The van der Waals surface area contributed by atoms with Crippen molar-refractivity contribution in [3.05, 3.63) is 68.2 Å². The number of hydrogen-bond acceptors (Lipinski definition) is 4. The molecule has 0 aromatic heterocycles. The van der Waals surface area contributed by atoms with Crippen molar-refractivity contribution < 1.29 is 19.4 Å². The predicted molar refractivity (Wildman–Crippen MR) is 118 cm³/mol. The summed E-state index contributed by atoms with van der Waals surface area (Å²) in [6, 6.07) is 8.95. The number of rotatable bonds is 6. The molecule has 30 heavy (non-hydrogen) atoms. The standard InChI is InChI=1S/C22H20Cl3NO4/c1-3-4-9-26-18(12-5-7-13(23)8-6-12)17(20(28)22(26)29)19(27)15-10-14(24)11-16(25)21(15)30-2/h5-8,10-11,18,27H,3-4,9H2,1-2H3/b19-17+. The van der Waals surface area contributed by atoms with Crippen LogP contribution in [0.5, 0.6) is 5.75 Å². The van der Waals surface area contributed by atoms with Gasteiger partial charge in [-0.25, -0.2) is 0 Å². The first-order valence-electron chi connectivity index (χ1n) is 9.37. The molecule has 2 aromatic carbocycles. The zero-order valence-electron chi connectivity index (χ0n) is 16.4. The Hall–Kier alpha value is -2.21. The molecule has 0 bridgehead atoms. The molecule has 1 unspecified atom stereocenters. The first-order chi connectivity index (χ1) is 14.3. The van der Waals surface area contributed by atoms with Gasteiger partial charge in [0.05, 0.1) is 29.3 Å². The summed E-state index contributed by atoms with van der Waals surface area (Å²) in [6.45, 7) is 2.37. The minimum atomic E-state index is -0.776. The number of likely N-dealkylation sites (tertiary alicyclic amines) is 1. The van der Waals surface area contributed by atoms with Crippen LogP contribution in [0.3, 0.4) is 0 Å². The van der Waals surface area contributed by atoms with Crippen LogP contribution in [0, 0.1) is 0 Å². The fourth-order valence-electron chi connectivity index (χ4n) is 3.52. The zero-order valence-corrected chi connectivity index (χ0v) is 18.7. The molecule has 0 radical (unpaired) electrons. The number of carbonyl (C=O) groups excluding carboxylic acids is 2. The average Bonchev–Trinajstić information content (AvgIpc) is 2.96. The summed E-state index contributed by atoms with van der Waals surface area (Å²) in [4.78, 5) is 27.3. The SMILES string of the molecule is CCCCN1C(=O)C(=O)/C(=C(/O)c2cc(Cl)cc(Cl)c2OC)C1c1ccc(Cl)cc1. The molecule has 0 saturated carbocycles. The summed E-state index contributed by atoms with van der Waals surface area (Å²) < 4.78 is 5.31. The van der Waals surface area contributed by atoms with Crippen LogP contribution in [0.25, 0.3) is 5.76 Å². The lowest BCUT2D eigenvalue weighted by molar-refractivity contribution is -0.139. The van der Waals surface area contributed by atoms with Crippen LogP contribution in [0.4, 0.5) is 0 Å². The first kappa shape index (κ1) is 22.5. The van der Waals surface area contributed by atoms with Crippen molar-refractivity contribution in [3.8, 4) is 5.75 Å². The largest absolute Gasteiger partial charge is 0.507 e. The van der Waals surface area contributed by atoms with Crippen LogP contribution in [0.2, 0.25) is 15.1 Å². The third-order valence-corrected chi connectivity index (χ3v) is 5.70. The fraction of sp³-hybridized carbons (Fsp3) is 0.273. The van der Waals surface area contributed by atoms with Gasteiger partial charge in [0.15, 0.2) is 0 Å². The summed E-state index contributed by atoms with van der Waals surface area (Å²) in [7, 11) is 1.39. The van der Waals surface area contributed by atoms with Crippen molar-refractivity contribution >= 4 is 52.3 Å². The summed E-state index contributed by atoms with van der Waals surface area (Å²) in [5, 5.41) is 12.1. The van der Waals surface area contributed by atoms with Gasteiger partial charge in [0.25, 0.3) is 11.7 Å². The number of aliphatic hydroxyl groups excluding tert-OH is 1. The van der Waals surface area contributed by atoms with Gasteiger partial charge in [-0.05, 0) is 36.2 Å². The minimum absolute atomic E-state index is 0.0462. The molecule has 1 saturated heterocycles. The van der Waals surface area contributed by atoms with Gasteiger partial charge in [0.2, 0.25) is 0 Å². The van der Waals surface area contributed by atoms with Crippen molar-refractivity contribution in [1.29, 1.82) is 0 Å². The average molecular weight is 469 g/mol. The summed E-state index contributed by atoms with van der Waals surface area (Å²) in [5.41, 5.74) is 0.751. The Balaban J connectivity index is 2.25. The van der Waals surface area contributed by atoms with E-state index in [0.717, 1.165) is 6.42 Å². The quantitative estimate of drug-likeness (QED) is 0.327. The molecule has 1 aliphatic rings. The molecular formula is C22H20Cl3NO4. The van der Waals surface area contributed by atoms with Crippen molar-refractivity contribution in [2.45, 2.75) is 25.8 Å². The van der Waals surface area contributed by atoms with Gasteiger partial charge in [0.1, 0.15) is 11.5 Å². The van der Waals surface area contributed by atoms with E-state index in [1.807, 2.05) is 6.92 Å². The predicted octanol–water partition coefficient (Wildman–Crippen LogP) is 5.88. The molecule has 1 fully saturated rings. The Morgan fingerprint density at radius 2 is 1.77 bits per heavy atom. The molecular weight excluding hydrogens is 449 g/mol. The maximum absolute atomic E-state index is 13.0. The molecule has 1 amide bonds. The highest BCUT2D eigenvalue weighted by atomic mass is 35.5. The van der Waals surface area contributed by atoms with E-state index in [1.54, 1.807) is 24.3 Å². The normalized spacial score (nSPS) is 18.2. The Morgan fingerprint density at radius 1 is 1.10 bits per heavy atom.